The van der Waals surface area contributed by atoms with Crippen molar-refractivity contribution in [3.05, 3.63) is 71.3 Å². The average Bonchev–Trinajstić information content (AvgIpc) is 2.76. The van der Waals surface area contributed by atoms with Crippen molar-refractivity contribution in [2.75, 3.05) is 25.0 Å². The first-order valence-electron chi connectivity index (χ1n) is 9.74. The number of nitriles is 1. The molecule has 28 heavy (non-hydrogen) atoms. The Kier molecular flexibility index (Phi) is 5.34. The Hall–Kier alpha value is -2.81. The fraction of sp³-hybridized carbons (Fsp3) is 0.348. The highest BCUT2D eigenvalue weighted by molar-refractivity contribution is 5.84. The number of para-hydroxylation sites is 1. The molecule has 0 saturated carbocycles. The van der Waals surface area contributed by atoms with E-state index in [1.54, 1.807) is 4.90 Å². The molecule has 2 aliphatic rings. The van der Waals surface area contributed by atoms with E-state index in [1.807, 2.05) is 49.5 Å². The van der Waals surface area contributed by atoms with Crippen molar-refractivity contribution in [2.45, 2.75) is 31.8 Å². The molecule has 1 unspecified atom stereocenters. The van der Waals surface area contributed by atoms with E-state index in [1.165, 1.54) is 5.56 Å². The highest BCUT2D eigenvalue weighted by Crippen LogP contribution is 2.39. The molecule has 5 nitrogen and oxygen atoms in total. The van der Waals surface area contributed by atoms with Crippen LogP contribution in [0.2, 0.25) is 0 Å². The van der Waals surface area contributed by atoms with Gasteiger partial charge in [0, 0.05) is 31.4 Å². The van der Waals surface area contributed by atoms with Crippen LogP contribution >= 0.6 is 0 Å². The van der Waals surface area contributed by atoms with Crippen molar-refractivity contribution < 1.29 is 9.84 Å². The fourth-order valence-electron chi connectivity index (χ4n) is 4.06. The third-order valence-corrected chi connectivity index (χ3v) is 5.63. The lowest BCUT2D eigenvalue weighted by Gasteiger charge is -2.41. The first-order chi connectivity index (χ1) is 13.7. The first kappa shape index (κ1) is 18.5. The van der Waals surface area contributed by atoms with Gasteiger partial charge in [0.15, 0.2) is 6.23 Å². The van der Waals surface area contributed by atoms with Crippen LogP contribution in [0, 0.1) is 11.3 Å². The standard InChI is InChI=1S/C23H25N3O2/c1-25-21-10-6-5-9-19(21)22(20(15-24)23(25)27)26-13-11-18(12-14-26)28-16-17-7-3-2-4-8-17/h2-10,18,23,27H,11-14,16H2,1H3. The minimum absolute atomic E-state index is 0.217. The van der Waals surface area contributed by atoms with Gasteiger partial charge in [-0.1, -0.05) is 48.5 Å². The average molecular weight is 375 g/mol. The third kappa shape index (κ3) is 3.49. The molecule has 2 aromatic carbocycles. The Morgan fingerprint density at radius 1 is 1.07 bits per heavy atom. The van der Waals surface area contributed by atoms with Crippen molar-refractivity contribution >= 4 is 11.4 Å². The number of aliphatic hydroxyl groups excluding tert-OH is 1. The second-order valence-electron chi connectivity index (χ2n) is 7.36. The summed E-state index contributed by atoms with van der Waals surface area (Å²) < 4.78 is 6.10. The molecule has 0 aliphatic carbocycles. The predicted molar refractivity (Wildman–Crippen MR) is 109 cm³/mol. The number of anilines is 1. The molecule has 144 valence electrons. The van der Waals surface area contributed by atoms with Gasteiger partial charge in [0.2, 0.25) is 0 Å². The number of benzene rings is 2. The number of ether oxygens (including phenoxy) is 1. The molecule has 0 amide bonds. The zero-order chi connectivity index (χ0) is 19.5. The lowest BCUT2D eigenvalue weighted by Crippen LogP contribution is -2.42. The van der Waals surface area contributed by atoms with Crippen molar-refractivity contribution in [1.82, 2.24) is 4.90 Å². The molecule has 2 aliphatic heterocycles. The largest absolute Gasteiger partial charge is 0.373 e. The number of piperidine rings is 1. The number of hydrogen-bond donors (Lipinski definition) is 1. The monoisotopic (exact) mass is 375 g/mol. The number of hydrogen-bond acceptors (Lipinski definition) is 5. The van der Waals surface area contributed by atoms with Gasteiger partial charge >= 0.3 is 0 Å². The Morgan fingerprint density at radius 3 is 2.46 bits per heavy atom. The lowest BCUT2D eigenvalue weighted by molar-refractivity contribution is 0.00676. The van der Waals surface area contributed by atoms with Gasteiger partial charge in [0.1, 0.15) is 11.6 Å². The van der Waals surface area contributed by atoms with Gasteiger partial charge in [-0.3, -0.25) is 0 Å². The quantitative estimate of drug-likeness (QED) is 0.888. The van der Waals surface area contributed by atoms with E-state index >= 15 is 0 Å². The molecule has 2 aromatic rings. The summed E-state index contributed by atoms with van der Waals surface area (Å²) in [5.74, 6) is 0. The van der Waals surface area contributed by atoms with Crippen molar-refractivity contribution in [1.29, 1.82) is 5.26 Å². The maximum absolute atomic E-state index is 10.6. The number of nitrogens with zero attached hydrogens (tertiary/aromatic N) is 3. The van der Waals surface area contributed by atoms with E-state index < -0.39 is 6.23 Å². The fourth-order valence-corrected chi connectivity index (χ4v) is 4.06. The van der Waals surface area contributed by atoms with Gasteiger partial charge in [0.05, 0.1) is 18.4 Å². The minimum atomic E-state index is -0.915. The van der Waals surface area contributed by atoms with Crippen LogP contribution in [0.15, 0.2) is 60.2 Å². The molecule has 1 N–H and O–H groups in total. The summed E-state index contributed by atoms with van der Waals surface area (Å²) in [6, 6.07) is 20.4. The summed E-state index contributed by atoms with van der Waals surface area (Å²) in [6.45, 7) is 2.25. The molecule has 0 spiro atoms. The van der Waals surface area contributed by atoms with E-state index in [9.17, 15) is 10.4 Å². The van der Waals surface area contributed by atoms with Crippen LogP contribution in [-0.2, 0) is 11.3 Å². The molecular formula is C23H25N3O2. The summed E-state index contributed by atoms with van der Waals surface area (Å²) in [5, 5.41) is 20.4. The second-order valence-corrected chi connectivity index (χ2v) is 7.36. The van der Waals surface area contributed by atoms with E-state index in [0.717, 1.165) is 42.9 Å². The molecule has 1 saturated heterocycles. The van der Waals surface area contributed by atoms with Crippen LogP contribution in [0.25, 0.3) is 5.70 Å². The van der Waals surface area contributed by atoms with E-state index in [-0.39, 0.29) is 6.10 Å². The highest BCUT2D eigenvalue weighted by Gasteiger charge is 2.34. The SMILES string of the molecule is CN1c2ccccc2C(N2CCC(OCc3ccccc3)CC2)=C(C#N)C1O. The van der Waals surface area contributed by atoms with E-state index in [4.69, 9.17) is 4.74 Å². The normalized spacial score (nSPS) is 20.1. The van der Waals surface area contributed by atoms with Gasteiger partial charge < -0.3 is 19.6 Å². The van der Waals surface area contributed by atoms with Gasteiger partial charge in [-0.25, -0.2) is 0 Å². The molecule has 0 bridgehead atoms. The first-order valence-corrected chi connectivity index (χ1v) is 9.74. The number of likely N-dealkylation sites (tertiary alicyclic amines) is 1. The zero-order valence-corrected chi connectivity index (χ0v) is 16.1. The molecule has 1 fully saturated rings. The molecule has 1 atom stereocenters. The Labute approximate surface area is 166 Å². The second kappa shape index (κ2) is 8.05. The summed E-state index contributed by atoms with van der Waals surface area (Å²) in [7, 11) is 1.82. The molecule has 5 heteroatoms. The van der Waals surface area contributed by atoms with Gasteiger partial charge in [-0.2, -0.15) is 5.26 Å². The van der Waals surface area contributed by atoms with Gasteiger partial charge in [-0.15, -0.1) is 0 Å². The predicted octanol–water partition coefficient (Wildman–Crippen LogP) is 3.37. The lowest BCUT2D eigenvalue weighted by atomic mass is 9.95. The molecule has 2 heterocycles. The number of likely N-dealkylation sites (N-methyl/N-ethyl adjacent to an activating group) is 1. The third-order valence-electron chi connectivity index (χ3n) is 5.63. The summed E-state index contributed by atoms with van der Waals surface area (Å²) in [4.78, 5) is 3.99. The zero-order valence-electron chi connectivity index (χ0n) is 16.1. The van der Waals surface area contributed by atoms with Gasteiger partial charge in [0.25, 0.3) is 0 Å². The van der Waals surface area contributed by atoms with Crippen molar-refractivity contribution in [2.24, 2.45) is 0 Å². The smallest absolute Gasteiger partial charge is 0.165 e. The van der Waals surface area contributed by atoms with Crippen LogP contribution in [0.1, 0.15) is 24.0 Å². The molecule has 0 radical (unpaired) electrons. The van der Waals surface area contributed by atoms with Crippen LogP contribution in [-0.4, -0.2) is 42.5 Å². The Bertz CT molecular complexity index is 896. The van der Waals surface area contributed by atoms with Crippen molar-refractivity contribution in [3.8, 4) is 6.07 Å². The highest BCUT2D eigenvalue weighted by atomic mass is 16.5. The van der Waals surface area contributed by atoms with Crippen molar-refractivity contribution in [3.63, 3.8) is 0 Å². The molecule has 0 aromatic heterocycles. The van der Waals surface area contributed by atoms with Crippen LogP contribution in [0.5, 0.6) is 0 Å². The van der Waals surface area contributed by atoms with Crippen LogP contribution in [0.4, 0.5) is 5.69 Å². The number of rotatable bonds is 4. The van der Waals surface area contributed by atoms with Crippen LogP contribution < -0.4 is 4.90 Å². The summed E-state index contributed by atoms with van der Waals surface area (Å²) in [6.07, 6.45) is 1.11. The number of fused-ring (bicyclic) bond motifs is 1. The van der Waals surface area contributed by atoms with E-state index in [0.29, 0.717) is 12.2 Å². The Balaban J connectivity index is 1.49. The summed E-state index contributed by atoms with van der Waals surface area (Å²) >= 11 is 0. The van der Waals surface area contributed by atoms with Gasteiger partial charge in [-0.05, 0) is 24.5 Å². The topological polar surface area (TPSA) is 59.7 Å². The maximum atomic E-state index is 10.6. The number of aliphatic hydroxyl groups is 1. The minimum Gasteiger partial charge on any atom is -0.373 e. The van der Waals surface area contributed by atoms with E-state index in [2.05, 4.69) is 23.1 Å². The molecular weight excluding hydrogens is 350 g/mol. The Morgan fingerprint density at radius 2 is 1.75 bits per heavy atom. The molecule has 4 rings (SSSR count). The summed E-state index contributed by atoms with van der Waals surface area (Å²) in [5.41, 5.74) is 4.43. The van der Waals surface area contributed by atoms with Crippen LogP contribution in [0.3, 0.4) is 0 Å². The maximum Gasteiger partial charge on any atom is 0.165 e.